The van der Waals surface area contributed by atoms with E-state index < -0.39 is 11.6 Å². The smallest absolute Gasteiger partial charge is 0.196 e. The number of halogens is 2. The van der Waals surface area contributed by atoms with E-state index in [1.54, 1.807) is 24.3 Å². The Balaban J connectivity index is 2.33. The molecule has 0 saturated carbocycles. The fraction of sp³-hybridized carbons (Fsp3) is 0.188. The number of rotatable bonds is 4. The first kappa shape index (κ1) is 14.5. The minimum atomic E-state index is -0.627. The van der Waals surface area contributed by atoms with Gasteiger partial charge in [0.15, 0.2) is 5.78 Å². The van der Waals surface area contributed by atoms with Crippen LogP contribution in [0.5, 0.6) is 5.75 Å². The lowest BCUT2D eigenvalue weighted by molar-refractivity contribution is 0.103. The maximum Gasteiger partial charge on any atom is 0.196 e. The van der Waals surface area contributed by atoms with Gasteiger partial charge >= 0.3 is 0 Å². The van der Waals surface area contributed by atoms with Crippen molar-refractivity contribution in [1.82, 2.24) is 0 Å². The Bertz CT molecular complexity index is 638. The van der Waals surface area contributed by atoms with Gasteiger partial charge in [-0.3, -0.25) is 4.79 Å². The van der Waals surface area contributed by atoms with Gasteiger partial charge in [0.2, 0.25) is 0 Å². The molecule has 0 heterocycles. The van der Waals surface area contributed by atoms with Crippen molar-refractivity contribution in [3.05, 3.63) is 64.4 Å². The Morgan fingerprint density at radius 1 is 1.20 bits per heavy atom. The lowest BCUT2D eigenvalue weighted by Crippen LogP contribution is -2.08. The molecule has 2 rings (SSSR count). The van der Waals surface area contributed by atoms with E-state index in [0.717, 1.165) is 6.07 Å². The van der Waals surface area contributed by atoms with E-state index in [4.69, 9.17) is 16.3 Å². The van der Waals surface area contributed by atoms with Crippen molar-refractivity contribution in [3.63, 3.8) is 0 Å². The number of carbonyl (C=O) groups is 1. The van der Waals surface area contributed by atoms with Crippen molar-refractivity contribution >= 4 is 17.4 Å². The summed E-state index contributed by atoms with van der Waals surface area (Å²) in [6, 6.07) is 10.7. The van der Waals surface area contributed by atoms with E-state index in [0.29, 0.717) is 11.3 Å². The zero-order valence-electron chi connectivity index (χ0n) is 11.2. The predicted molar refractivity (Wildman–Crippen MR) is 77.0 cm³/mol. The summed E-state index contributed by atoms with van der Waals surface area (Å²) < 4.78 is 19.3. The Morgan fingerprint density at radius 2 is 1.95 bits per heavy atom. The molecule has 0 aliphatic carbocycles. The molecule has 0 N–H and O–H groups in total. The van der Waals surface area contributed by atoms with Crippen LogP contribution in [0.15, 0.2) is 42.5 Å². The third kappa shape index (κ3) is 3.36. The molecule has 2 aromatic carbocycles. The van der Waals surface area contributed by atoms with Crippen molar-refractivity contribution < 1.29 is 13.9 Å². The summed E-state index contributed by atoms with van der Waals surface area (Å²) in [5.74, 6) is -0.439. The fourth-order valence-electron chi connectivity index (χ4n) is 1.81. The number of hydrogen-bond donors (Lipinski definition) is 0. The van der Waals surface area contributed by atoms with Crippen LogP contribution in [0.4, 0.5) is 4.39 Å². The van der Waals surface area contributed by atoms with Crippen molar-refractivity contribution in [2.75, 3.05) is 0 Å². The van der Waals surface area contributed by atoms with E-state index in [2.05, 4.69) is 0 Å². The summed E-state index contributed by atoms with van der Waals surface area (Å²) >= 11 is 5.68. The highest BCUT2D eigenvalue weighted by Gasteiger charge is 2.15. The zero-order chi connectivity index (χ0) is 14.7. The molecule has 0 amide bonds. The first-order chi connectivity index (χ1) is 9.47. The van der Waals surface area contributed by atoms with Gasteiger partial charge in [0.1, 0.15) is 11.6 Å². The van der Waals surface area contributed by atoms with Crippen LogP contribution in [-0.2, 0) is 0 Å². The maximum absolute atomic E-state index is 13.8. The van der Waals surface area contributed by atoms with Crippen LogP contribution in [0, 0.1) is 5.82 Å². The van der Waals surface area contributed by atoms with E-state index >= 15 is 0 Å². The highest BCUT2D eigenvalue weighted by atomic mass is 35.5. The monoisotopic (exact) mass is 292 g/mol. The molecule has 0 atom stereocenters. The Hall–Kier alpha value is -1.87. The van der Waals surface area contributed by atoms with E-state index in [9.17, 15) is 9.18 Å². The minimum absolute atomic E-state index is 0.00361. The molecule has 0 spiro atoms. The van der Waals surface area contributed by atoms with Crippen molar-refractivity contribution in [2.45, 2.75) is 20.0 Å². The Labute approximate surface area is 122 Å². The third-order valence-electron chi connectivity index (χ3n) is 2.64. The molecule has 0 fully saturated rings. The summed E-state index contributed by atoms with van der Waals surface area (Å²) in [4.78, 5) is 12.3. The van der Waals surface area contributed by atoms with Crippen LogP contribution >= 0.6 is 11.6 Å². The van der Waals surface area contributed by atoms with Crippen LogP contribution in [-0.4, -0.2) is 11.9 Å². The maximum atomic E-state index is 13.8. The molecule has 2 nitrogen and oxygen atoms in total. The summed E-state index contributed by atoms with van der Waals surface area (Å²) in [6.45, 7) is 3.79. The van der Waals surface area contributed by atoms with Gasteiger partial charge in [-0.25, -0.2) is 4.39 Å². The van der Waals surface area contributed by atoms with Gasteiger partial charge in [0.25, 0.3) is 0 Å². The predicted octanol–water partition coefficient (Wildman–Crippen LogP) is 4.50. The second-order valence-corrected chi connectivity index (χ2v) is 5.08. The fourth-order valence-corrected chi connectivity index (χ4v) is 1.97. The van der Waals surface area contributed by atoms with Crippen LogP contribution in [0.2, 0.25) is 5.02 Å². The van der Waals surface area contributed by atoms with E-state index in [1.807, 2.05) is 13.8 Å². The van der Waals surface area contributed by atoms with Gasteiger partial charge < -0.3 is 4.74 Å². The van der Waals surface area contributed by atoms with Crippen molar-refractivity contribution in [3.8, 4) is 5.75 Å². The second kappa shape index (κ2) is 6.06. The van der Waals surface area contributed by atoms with Crippen LogP contribution in [0.3, 0.4) is 0 Å². The molecular formula is C16H14ClFO2. The molecule has 0 radical (unpaired) electrons. The summed E-state index contributed by atoms with van der Waals surface area (Å²) in [6.07, 6.45) is 0.00706. The van der Waals surface area contributed by atoms with Gasteiger partial charge in [-0.05, 0) is 44.2 Å². The minimum Gasteiger partial charge on any atom is -0.491 e. The first-order valence-corrected chi connectivity index (χ1v) is 6.61. The number of hydrogen-bond acceptors (Lipinski definition) is 2. The van der Waals surface area contributed by atoms with Crippen molar-refractivity contribution in [1.29, 1.82) is 0 Å². The average Bonchev–Trinajstić information content (AvgIpc) is 2.37. The Morgan fingerprint density at radius 3 is 2.60 bits per heavy atom. The summed E-state index contributed by atoms with van der Waals surface area (Å²) in [5, 5.41) is 0.260. The molecule has 0 saturated heterocycles. The second-order valence-electron chi connectivity index (χ2n) is 4.65. The first-order valence-electron chi connectivity index (χ1n) is 6.24. The SMILES string of the molecule is CC(C)Oc1cccc(C(=O)c2ccc(Cl)cc2F)c1. The van der Waals surface area contributed by atoms with Crippen molar-refractivity contribution in [2.24, 2.45) is 0 Å². The van der Waals surface area contributed by atoms with Crippen LogP contribution in [0.1, 0.15) is 29.8 Å². The van der Waals surface area contributed by atoms with E-state index in [1.165, 1.54) is 12.1 Å². The molecule has 0 bridgehead atoms. The molecule has 0 aliphatic heterocycles. The summed E-state index contributed by atoms with van der Waals surface area (Å²) in [7, 11) is 0. The van der Waals surface area contributed by atoms with Gasteiger partial charge in [-0.2, -0.15) is 0 Å². The number of ketones is 1. The summed E-state index contributed by atoms with van der Waals surface area (Å²) in [5.41, 5.74) is 0.375. The number of ether oxygens (including phenoxy) is 1. The molecular weight excluding hydrogens is 279 g/mol. The standard InChI is InChI=1S/C16H14ClFO2/c1-10(2)20-13-5-3-4-11(8-13)16(19)14-7-6-12(17)9-15(14)18/h3-10H,1-2H3. The largest absolute Gasteiger partial charge is 0.491 e. The van der Waals surface area contributed by atoms with Gasteiger partial charge in [0, 0.05) is 10.6 Å². The highest BCUT2D eigenvalue weighted by molar-refractivity contribution is 6.30. The van der Waals surface area contributed by atoms with Crippen LogP contribution in [0.25, 0.3) is 0 Å². The zero-order valence-corrected chi connectivity index (χ0v) is 11.9. The molecule has 4 heteroatoms. The van der Waals surface area contributed by atoms with Gasteiger partial charge in [0.05, 0.1) is 11.7 Å². The topological polar surface area (TPSA) is 26.3 Å². The lowest BCUT2D eigenvalue weighted by atomic mass is 10.0. The quantitative estimate of drug-likeness (QED) is 0.776. The van der Waals surface area contributed by atoms with Gasteiger partial charge in [-0.1, -0.05) is 23.7 Å². The molecule has 0 unspecified atom stereocenters. The highest BCUT2D eigenvalue weighted by Crippen LogP contribution is 2.21. The molecule has 20 heavy (non-hydrogen) atoms. The molecule has 2 aromatic rings. The normalized spacial score (nSPS) is 10.7. The Kier molecular flexibility index (Phi) is 4.40. The lowest BCUT2D eigenvalue weighted by Gasteiger charge is -2.10. The molecule has 104 valence electrons. The van der Waals surface area contributed by atoms with Crippen LogP contribution < -0.4 is 4.74 Å². The van der Waals surface area contributed by atoms with Gasteiger partial charge in [-0.15, -0.1) is 0 Å². The average molecular weight is 293 g/mol. The molecule has 0 aromatic heterocycles. The number of carbonyl (C=O) groups excluding carboxylic acids is 1. The van der Waals surface area contributed by atoms with E-state index in [-0.39, 0.29) is 16.7 Å². The molecule has 0 aliphatic rings. The third-order valence-corrected chi connectivity index (χ3v) is 2.88. The number of benzene rings is 2.